The van der Waals surface area contributed by atoms with Gasteiger partial charge in [0.25, 0.3) is 0 Å². The molecule has 3 amide bonds. The summed E-state index contributed by atoms with van der Waals surface area (Å²) in [6.07, 6.45) is 2.77. The van der Waals surface area contributed by atoms with E-state index >= 15 is 0 Å². The van der Waals surface area contributed by atoms with Gasteiger partial charge in [0.2, 0.25) is 5.91 Å². The lowest BCUT2D eigenvalue weighted by Crippen LogP contribution is -2.31. The Bertz CT molecular complexity index is 743. The van der Waals surface area contributed by atoms with E-state index in [9.17, 15) is 9.59 Å². The lowest BCUT2D eigenvalue weighted by Gasteiger charge is -2.19. The van der Waals surface area contributed by atoms with Gasteiger partial charge in [0.05, 0.1) is 12.2 Å². The molecule has 0 aliphatic carbocycles. The summed E-state index contributed by atoms with van der Waals surface area (Å²) in [5, 5.41) is 2.84. The Balaban J connectivity index is 2.00. The van der Waals surface area contributed by atoms with Gasteiger partial charge in [-0.3, -0.25) is 9.78 Å². The van der Waals surface area contributed by atoms with Crippen molar-refractivity contribution >= 4 is 23.3 Å². The van der Waals surface area contributed by atoms with E-state index in [2.05, 4.69) is 17.2 Å². The summed E-state index contributed by atoms with van der Waals surface area (Å²) in [7, 11) is 3.41. The summed E-state index contributed by atoms with van der Waals surface area (Å²) in [5.41, 5.74) is 3.36. The third kappa shape index (κ3) is 5.04. The zero-order chi connectivity index (χ0) is 18.4. The fourth-order valence-corrected chi connectivity index (χ4v) is 2.27. The van der Waals surface area contributed by atoms with Gasteiger partial charge < -0.3 is 15.1 Å². The van der Waals surface area contributed by atoms with E-state index in [1.807, 2.05) is 24.4 Å². The Morgan fingerprint density at radius 3 is 2.52 bits per heavy atom. The number of carbonyl (C=O) groups excluding carboxylic acids is 2. The fourth-order valence-electron chi connectivity index (χ4n) is 2.27. The maximum absolute atomic E-state index is 12.4. The molecule has 0 radical (unpaired) electrons. The third-order valence-corrected chi connectivity index (χ3v) is 4.00. The predicted molar refractivity (Wildman–Crippen MR) is 99.6 cm³/mol. The topological polar surface area (TPSA) is 65.5 Å². The van der Waals surface area contributed by atoms with Crippen LogP contribution >= 0.6 is 0 Å². The summed E-state index contributed by atoms with van der Waals surface area (Å²) >= 11 is 0. The minimum Gasteiger partial charge on any atom is -0.322 e. The van der Waals surface area contributed by atoms with Crippen LogP contribution in [-0.4, -0.2) is 35.9 Å². The molecule has 0 fully saturated rings. The summed E-state index contributed by atoms with van der Waals surface area (Å²) in [4.78, 5) is 31.3. The molecule has 132 valence electrons. The molecule has 2 rings (SSSR count). The van der Waals surface area contributed by atoms with Crippen molar-refractivity contribution in [3.8, 4) is 0 Å². The first-order valence-corrected chi connectivity index (χ1v) is 8.21. The van der Waals surface area contributed by atoms with E-state index in [4.69, 9.17) is 0 Å². The molecule has 0 aliphatic rings. The van der Waals surface area contributed by atoms with Crippen molar-refractivity contribution in [3.63, 3.8) is 0 Å². The largest absolute Gasteiger partial charge is 0.322 e. The van der Waals surface area contributed by atoms with Gasteiger partial charge in [-0.2, -0.15) is 0 Å². The van der Waals surface area contributed by atoms with Gasteiger partial charge in [-0.1, -0.05) is 19.1 Å². The van der Waals surface area contributed by atoms with E-state index in [-0.39, 0.29) is 11.9 Å². The molecular weight excluding hydrogens is 316 g/mol. The number of amides is 3. The number of pyridine rings is 1. The number of urea groups is 1. The zero-order valence-electron chi connectivity index (χ0n) is 15.1. The normalized spacial score (nSPS) is 10.2. The number of nitrogens with zero attached hydrogens (tertiary/aromatic N) is 3. The first-order chi connectivity index (χ1) is 11.9. The van der Waals surface area contributed by atoms with Gasteiger partial charge in [0.1, 0.15) is 0 Å². The number of anilines is 2. The number of rotatable bonds is 5. The second-order valence-corrected chi connectivity index (χ2v) is 5.93. The fraction of sp³-hybridized carbons (Fsp3) is 0.316. The van der Waals surface area contributed by atoms with Crippen LogP contribution in [0.2, 0.25) is 0 Å². The average Bonchev–Trinajstić information content (AvgIpc) is 2.61. The molecule has 0 aliphatic heterocycles. The first-order valence-electron chi connectivity index (χ1n) is 8.21. The maximum Gasteiger partial charge on any atom is 0.321 e. The number of aryl methyl sites for hydroxylation is 1. The van der Waals surface area contributed by atoms with E-state index in [0.29, 0.717) is 12.2 Å². The van der Waals surface area contributed by atoms with Crippen LogP contribution in [0.1, 0.15) is 25.1 Å². The number of hydrogen-bond donors (Lipinski definition) is 1. The number of aromatic nitrogens is 1. The maximum atomic E-state index is 12.4. The van der Waals surface area contributed by atoms with Gasteiger partial charge in [0, 0.05) is 38.6 Å². The Hall–Kier alpha value is -2.89. The van der Waals surface area contributed by atoms with Gasteiger partial charge in [-0.05, 0) is 36.2 Å². The van der Waals surface area contributed by atoms with Crippen LogP contribution in [0.4, 0.5) is 16.2 Å². The molecule has 1 N–H and O–H groups in total. The van der Waals surface area contributed by atoms with Crippen LogP contribution in [0, 0.1) is 0 Å². The lowest BCUT2D eigenvalue weighted by molar-refractivity contribution is -0.116. The van der Waals surface area contributed by atoms with Crippen LogP contribution in [0.15, 0.2) is 42.6 Å². The molecule has 0 unspecified atom stereocenters. The molecule has 0 saturated heterocycles. The monoisotopic (exact) mass is 340 g/mol. The summed E-state index contributed by atoms with van der Waals surface area (Å²) in [6.45, 7) is 3.99. The molecule has 0 bridgehead atoms. The van der Waals surface area contributed by atoms with Crippen LogP contribution in [-0.2, 0) is 17.8 Å². The number of benzene rings is 1. The summed E-state index contributed by atoms with van der Waals surface area (Å²) in [6, 6.07) is 10.9. The average molecular weight is 340 g/mol. The molecule has 0 spiro atoms. The molecule has 6 nitrogen and oxygen atoms in total. The second-order valence-electron chi connectivity index (χ2n) is 5.93. The van der Waals surface area contributed by atoms with Crippen molar-refractivity contribution in [1.82, 2.24) is 9.88 Å². The van der Waals surface area contributed by atoms with Crippen molar-refractivity contribution in [2.45, 2.75) is 26.8 Å². The van der Waals surface area contributed by atoms with Gasteiger partial charge >= 0.3 is 6.03 Å². The Kier molecular flexibility index (Phi) is 6.11. The van der Waals surface area contributed by atoms with Crippen LogP contribution in [0.25, 0.3) is 0 Å². The molecule has 1 aromatic heterocycles. The Morgan fingerprint density at radius 2 is 1.92 bits per heavy atom. The Labute approximate surface area is 148 Å². The highest BCUT2D eigenvalue weighted by molar-refractivity contribution is 5.93. The van der Waals surface area contributed by atoms with E-state index in [0.717, 1.165) is 17.8 Å². The minimum atomic E-state index is -0.232. The molecule has 0 saturated carbocycles. The van der Waals surface area contributed by atoms with Gasteiger partial charge in [0.15, 0.2) is 0 Å². The molecule has 6 heteroatoms. The molecule has 0 atom stereocenters. The smallest absolute Gasteiger partial charge is 0.321 e. The molecule has 2 aromatic rings. The number of hydrogen-bond acceptors (Lipinski definition) is 3. The molecule has 25 heavy (non-hydrogen) atoms. The highest BCUT2D eigenvalue weighted by atomic mass is 16.2. The van der Waals surface area contributed by atoms with E-state index < -0.39 is 0 Å². The predicted octanol–water partition coefficient (Wildman–Crippen LogP) is 3.29. The third-order valence-electron chi connectivity index (χ3n) is 4.00. The van der Waals surface area contributed by atoms with Gasteiger partial charge in [-0.15, -0.1) is 0 Å². The van der Waals surface area contributed by atoms with Crippen molar-refractivity contribution < 1.29 is 9.59 Å². The second kappa shape index (κ2) is 8.28. The van der Waals surface area contributed by atoms with E-state index in [1.165, 1.54) is 17.4 Å². The molecule has 1 heterocycles. The van der Waals surface area contributed by atoms with Crippen LogP contribution in [0.5, 0.6) is 0 Å². The van der Waals surface area contributed by atoms with Crippen molar-refractivity contribution in [3.05, 3.63) is 53.9 Å². The molecular formula is C19H24N4O2. The highest BCUT2D eigenvalue weighted by Crippen LogP contribution is 2.19. The standard InChI is InChI=1S/C19H24N4O2/c1-5-15-9-10-17(20-12-15)13-22(3)19(25)21-16-7-6-8-18(11-16)23(4)14(2)24/h6-12H,5,13H2,1-4H3,(H,21,25). The molecule has 1 aromatic carbocycles. The summed E-state index contributed by atoms with van der Waals surface area (Å²) < 4.78 is 0. The van der Waals surface area contributed by atoms with Crippen molar-refractivity contribution in [2.75, 3.05) is 24.3 Å². The zero-order valence-corrected chi connectivity index (χ0v) is 15.1. The summed E-state index contributed by atoms with van der Waals surface area (Å²) in [5.74, 6) is -0.0674. The quantitative estimate of drug-likeness (QED) is 0.908. The van der Waals surface area contributed by atoms with Crippen molar-refractivity contribution in [1.29, 1.82) is 0 Å². The van der Waals surface area contributed by atoms with Crippen LogP contribution in [0.3, 0.4) is 0 Å². The Morgan fingerprint density at radius 1 is 1.16 bits per heavy atom. The van der Waals surface area contributed by atoms with E-state index in [1.54, 1.807) is 37.2 Å². The van der Waals surface area contributed by atoms with Crippen molar-refractivity contribution in [2.24, 2.45) is 0 Å². The van der Waals surface area contributed by atoms with Crippen LogP contribution < -0.4 is 10.2 Å². The highest BCUT2D eigenvalue weighted by Gasteiger charge is 2.12. The lowest BCUT2D eigenvalue weighted by atomic mass is 10.2. The first kappa shape index (κ1) is 18.4. The minimum absolute atomic E-state index is 0.0674. The number of carbonyl (C=O) groups is 2. The SMILES string of the molecule is CCc1ccc(CN(C)C(=O)Nc2cccc(N(C)C(C)=O)c2)nc1. The van der Waals surface area contributed by atoms with Gasteiger partial charge in [-0.25, -0.2) is 4.79 Å². The number of nitrogens with one attached hydrogen (secondary N) is 1.